The predicted molar refractivity (Wildman–Crippen MR) is 73.7 cm³/mol. The molecule has 2 aliphatic carbocycles. The Kier molecular flexibility index (Phi) is 3.94. The number of carbonyl (C=O) groups excluding carboxylic acids is 1. The lowest BCUT2D eigenvalue weighted by Crippen LogP contribution is -2.42. The molecule has 0 spiro atoms. The smallest absolute Gasteiger partial charge is 0.226 e. The first-order valence-corrected chi connectivity index (χ1v) is 8.39. The standard InChI is InChI=1S/C14H22BrNO2/c15-6-9-18-10-4-7-16(8-5-10)14(17)13-11-2-1-3-12(11)13/h10-13H,1-9H2. The second-order valence-corrected chi connectivity index (χ2v) is 6.66. The first-order chi connectivity index (χ1) is 8.81. The number of piperidine rings is 1. The van der Waals surface area contributed by atoms with Crippen LogP contribution in [0.25, 0.3) is 0 Å². The van der Waals surface area contributed by atoms with Gasteiger partial charge in [0.25, 0.3) is 0 Å². The summed E-state index contributed by atoms with van der Waals surface area (Å²) in [6, 6.07) is 0. The second-order valence-electron chi connectivity index (χ2n) is 5.87. The first kappa shape index (κ1) is 12.9. The van der Waals surface area contributed by atoms with E-state index in [0.717, 1.165) is 49.7 Å². The molecule has 3 rings (SSSR count). The number of alkyl halides is 1. The zero-order valence-electron chi connectivity index (χ0n) is 10.8. The summed E-state index contributed by atoms with van der Waals surface area (Å²) in [5.41, 5.74) is 0. The first-order valence-electron chi connectivity index (χ1n) is 7.27. The van der Waals surface area contributed by atoms with Gasteiger partial charge >= 0.3 is 0 Å². The van der Waals surface area contributed by atoms with E-state index in [-0.39, 0.29) is 0 Å². The van der Waals surface area contributed by atoms with Crippen LogP contribution in [-0.4, -0.2) is 41.9 Å². The quantitative estimate of drug-likeness (QED) is 0.746. The lowest BCUT2D eigenvalue weighted by Gasteiger charge is -2.32. The Morgan fingerprint density at radius 3 is 2.44 bits per heavy atom. The highest BCUT2D eigenvalue weighted by Gasteiger charge is 2.57. The van der Waals surface area contributed by atoms with Crippen LogP contribution in [0, 0.1) is 17.8 Å². The minimum atomic E-state index is 0.366. The van der Waals surface area contributed by atoms with Gasteiger partial charge in [-0.05, 0) is 37.5 Å². The Hall–Kier alpha value is -0.0900. The van der Waals surface area contributed by atoms with E-state index in [1.54, 1.807) is 0 Å². The third-order valence-electron chi connectivity index (χ3n) is 4.88. The van der Waals surface area contributed by atoms with E-state index < -0.39 is 0 Å². The van der Waals surface area contributed by atoms with Gasteiger partial charge in [0.15, 0.2) is 0 Å². The van der Waals surface area contributed by atoms with E-state index in [1.165, 1.54) is 19.3 Å². The molecule has 0 N–H and O–H groups in total. The third-order valence-corrected chi connectivity index (χ3v) is 5.20. The maximum absolute atomic E-state index is 12.4. The monoisotopic (exact) mass is 315 g/mol. The summed E-state index contributed by atoms with van der Waals surface area (Å²) in [5, 5.41) is 0.900. The van der Waals surface area contributed by atoms with E-state index in [0.29, 0.717) is 17.9 Å². The molecule has 1 saturated heterocycles. The van der Waals surface area contributed by atoms with E-state index in [4.69, 9.17) is 4.74 Å². The molecular formula is C14H22BrNO2. The molecule has 0 aromatic carbocycles. The van der Waals surface area contributed by atoms with Crippen LogP contribution in [-0.2, 0) is 9.53 Å². The van der Waals surface area contributed by atoms with Crippen LogP contribution in [0.5, 0.6) is 0 Å². The van der Waals surface area contributed by atoms with Gasteiger partial charge in [-0.2, -0.15) is 0 Å². The molecule has 1 heterocycles. The molecule has 4 heteroatoms. The minimum Gasteiger partial charge on any atom is -0.377 e. The number of rotatable bonds is 4. The molecule has 0 aromatic heterocycles. The largest absolute Gasteiger partial charge is 0.377 e. The Morgan fingerprint density at radius 2 is 1.83 bits per heavy atom. The Bertz CT molecular complexity index is 305. The molecule has 1 amide bonds. The molecule has 102 valence electrons. The summed E-state index contributed by atoms with van der Waals surface area (Å²) in [7, 11) is 0. The molecule has 0 aromatic rings. The van der Waals surface area contributed by atoms with Gasteiger partial charge in [-0.3, -0.25) is 4.79 Å². The molecule has 0 bridgehead atoms. The highest BCUT2D eigenvalue weighted by molar-refractivity contribution is 9.09. The summed E-state index contributed by atoms with van der Waals surface area (Å²) < 4.78 is 5.73. The average molecular weight is 316 g/mol. The molecule has 3 fully saturated rings. The molecule has 2 unspecified atom stereocenters. The van der Waals surface area contributed by atoms with Crippen molar-refractivity contribution in [1.82, 2.24) is 4.90 Å². The summed E-state index contributed by atoms with van der Waals surface area (Å²) in [6.45, 7) is 2.59. The average Bonchev–Trinajstić information content (AvgIpc) is 2.88. The van der Waals surface area contributed by atoms with Gasteiger partial charge in [-0.25, -0.2) is 0 Å². The second kappa shape index (κ2) is 5.49. The minimum absolute atomic E-state index is 0.366. The summed E-state index contributed by atoms with van der Waals surface area (Å²) in [5.74, 6) is 2.35. The molecule has 18 heavy (non-hydrogen) atoms. The van der Waals surface area contributed by atoms with Gasteiger partial charge in [0.05, 0.1) is 12.7 Å². The summed E-state index contributed by atoms with van der Waals surface area (Å²) in [4.78, 5) is 14.5. The van der Waals surface area contributed by atoms with Crippen LogP contribution >= 0.6 is 15.9 Å². The van der Waals surface area contributed by atoms with E-state index in [1.807, 2.05) is 0 Å². The highest BCUT2D eigenvalue weighted by atomic mass is 79.9. The van der Waals surface area contributed by atoms with Gasteiger partial charge in [-0.15, -0.1) is 0 Å². The van der Waals surface area contributed by atoms with Crippen LogP contribution < -0.4 is 0 Å². The van der Waals surface area contributed by atoms with Gasteiger partial charge < -0.3 is 9.64 Å². The number of hydrogen-bond acceptors (Lipinski definition) is 2. The van der Waals surface area contributed by atoms with Crippen molar-refractivity contribution in [2.45, 2.75) is 38.2 Å². The number of amides is 1. The van der Waals surface area contributed by atoms with Crippen LogP contribution in [0.2, 0.25) is 0 Å². The fraction of sp³-hybridized carbons (Fsp3) is 0.929. The van der Waals surface area contributed by atoms with Crippen molar-refractivity contribution in [3.05, 3.63) is 0 Å². The topological polar surface area (TPSA) is 29.5 Å². The molecule has 3 aliphatic rings. The van der Waals surface area contributed by atoms with Crippen LogP contribution in [0.4, 0.5) is 0 Å². The zero-order valence-corrected chi connectivity index (χ0v) is 12.4. The maximum Gasteiger partial charge on any atom is 0.226 e. The highest BCUT2D eigenvalue weighted by Crippen LogP contribution is 2.58. The predicted octanol–water partition coefficient (Wildman–Crippen LogP) is 2.44. The lowest BCUT2D eigenvalue weighted by atomic mass is 10.1. The number of carbonyl (C=O) groups is 1. The molecule has 2 saturated carbocycles. The van der Waals surface area contributed by atoms with Gasteiger partial charge in [0.1, 0.15) is 0 Å². The number of fused-ring (bicyclic) bond motifs is 1. The van der Waals surface area contributed by atoms with E-state index >= 15 is 0 Å². The van der Waals surface area contributed by atoms with E-state index in [9.17, 15) is 4.79 Å². The molecular weight excluding hydrogens is 294 g/mol. The number of ether oxygens (including phenoxy) is 1. The molecule has 2 atom stereocenters. The normalized spacial score (nSPS) is 35.6. The summed E-state index contributed by atoms with van der Waals surface area (Å²) in [6.07, 6.45) is 6.34. The number of nitrogens with zero attached hydrogens (tertiary/aromatic N) is 1. The van der Waals surface area contributed by atoms with Gasteiger partial charge in [-0.1, -0.05) is 22.4 Å². The Morgan fingerprint density at radius 1 is 1.17 bits per heavy atom. The Balaban J connectivity index is 1.44. The van der Waals surface area contributed by atoms with Crippen molar-refractivity contribution in [3.8, 4) is 0 Å². The van der Waals surface area contributed by atoms with Gasteiger partial charge in [0.2, 0.25) is 5.91 Å². The SMILES string of the molecule is O=C(C1C2CCCC21)N1CCC(OCCBr)CC1. The number of halogens is 1. The Labute approximate surface area is 117 Å². The van der Waals surface area contributed by atoms with E-state index in [2.05, 4.69) is 20.8 Å². The maximum atomic E-state index is 12.4. The van der Waals surface area contributed by atoms with Crippen molar-refractivity contribution in [2.75, 3.05) is 25.0 Å². The van der Waals surface area contributed by atoms with Gasteiger partial charge in [0, 0.05) is 24.3 Å². The van der Waals surface area contributed by atoms with Crippen molar-refractivity contribution in [3.63, 3.8) is 0 Å². The van der Waals surface area contributed by atoms with Crippen molar-refractivity contribution < 1.29 is 9.53 Å². The fourth-order valence-electron chi connectivity index (χ4n) is 3.85. The lowest BCUT2D eigenvalue weighted by molar-refractivity contribution is -0.136. The van der Waals surface area contributed by atoms with Crippen molar-refractivity contribution in [1.29, 1.82) is 0 Å². The van der Waals surface area contributed by atoms with Crippen molar-refractivity contribution in [2.24, 2.45) is 17.8 Å². The number of likely N-dealkylation sites (tertiary alicyclic amines) is 1. The number of hydrogen-bond donors (Lipinski definition) is 0. The third kappa shape index (κ3) is 2.46. The van der Waals surface area contributed by atoms with Crippen LogP contribution in [0.3, 0.4) is 0 Å². The zero-order chi connectivity index (χ0) is 12.5. The molecule has 3 nitrogen and oxygen atoms in total. The molecule has 1 aliphatic heterocycles. The molecule has 0 radical (unpaired) electrons. The van der Waals surface area contributed by atoms with Crippen molar-refractivity contribution >= 4 is 21.8 Å². The fourth-order valence-corrected chi connectivity index (χ4v) is 4.04. The van der Waals surface area contributed by atoms with Crippen LogP contribution in [0.15, 0.2) is 0 Å². The summed E-state index contributed by atoms with van der Waals surface area (Å²) >= 11 is 3.38. The van der Waals surface area contributed by atoms with Crippen LogP contribution in [0.1, 0.15) is 32.1 Å².